The third-order valence-corrected chi connectivity index (χ3v) is 3.39. The van der Waals surface area contributed by atoms with Crippen molar-refractivity contribution in [2.75, 3.05) is 19.8 Å². The van der Waals surface area contributed by atoms with Crippen LogP contribution in [0.3, 0.4) is 0 Å². The van der Waals surface area contributed by atoms with Gasteiger partial charge in [0.1, 0.15) is 13.2 Å². The Kier molecular flexibility index (Phi) is 4.72. The Bertz CT molecular complexity index is 403. The largest absolute Gasteiger partial charge is 0.486 e. The number of fused-ring (bicyclic) bond motifs is 1. The average molecular weight is 270 g/mol. The zero-order valence-corrected chi connectivity index (χ0v) is 11.7. The van der Waals surface area contributed by atoms with Crippen LogP contribution in [0.5, 0.6) is 11.5 Å². The molecule has 0 saturated carbocycles. The summed E-state index contributed by atoms with van der Waals surface area (Å²) in [4.78, 5) is 0. The Balaban J connectivity index is 2.30. The van der Waals surface area contributed by atoms with Gasteiger partial charge in [-0.25, -0.2) is 0 Å². The molecule has 3 nitrogen and oxygen atoms in total. The second-order valence-corrected chi connectivity index (χ2v) is 4.82. The van der Waals surface area contributed by atoms with Crippen molar-refractivity contribution in [3.8, 4) is 11.5 Å². The van der Waals surface area contributed by atoms with Crippen LogP contribution in [0.2, 0.25) is 5.02 Å². The average Bonchev–Trinajstić information content (AvgIpc) is 2.38. The first-order chi connectivity index (χ1) is 8.76. The van der Waals surface area contributed by atoms with Crippen molar-refractivity contribution in [1.29, 1.82) is 0 Å². The lowest BCUT2D eigenvalue weighted by Crippen LogP contribution is -2.22. The second kappa shape index (κ2) is 6.30. The van der Waals surface area contributed by atoms with E-state index in [4.69, 9.17) is 21.1 Å². The molecule has 0 fully saturated rings. The van der Waals surface area contributed by atoms with Crippen LogP contribution in [0.4, 0.5) is 0 Å². The summed E-state index contributed by atoms with van der Waals surface area (Å²) in [5, 5.41) is 4.22. The zero-order chi connectivity index (χ0) is 13.0. The van der Waals surface area contributed by atoms with Gasteiger partial charge in [0, 0.05) is 17.1 Å². The Labute approximate surface area is 113 Å². The fraction of sp³-hybridized carbons (Fsp3) is 0.571. The second-order valence-electron chi connectivity index (χ2n) is 4.42. The van der Waals surface area contributed by atoms with Crippen LogP contribution in [0.1, 0.15) is 38.3 Å². The van der Waals surface area contributed by atoms with Gasteiger partial charge in [0.05, 0.1) is 0 Å². The van der Waals surface area contributed by atoms with E-state index in [1.165, 1.54) is 0 Å². The van der Waals surface area contributed by atoms with Crippen molar-refractivity contribution >= 4 is 11.6 Å². The van der Waals surface area contributed by atoms with Crippen LogP contribution in [-0.2, 0) is 0 Å². The quantitative estimate of drug-likeness (QED) is 0.887. The van der Waals surface area contributed by atoms with Gasteiger partial charge in [0.25, 0.3) is 0 Å². The Morgan fingerprint density at radius 3 is 2.50 bits per heavy atom. The molecule has 1 unspecified atom stereocenters. The Hall–Kier alpha value is -0.930. The van der Waals surface area contributed by atoms with Gasteiger partial charge in [-0.2, -0.15) is 0 Å². The number of halogens is 1. The molecule has 4 heteroatoms. The molecule has 0 radical (unpaired) electrons. The van der Waals surface area contributed by atoms with Crippen molar-refractivity contribution in [2.24, 2.45) is 0 Å². The molecule has 0 spiro atoms. The summed E-state index contributed by atoms with van der Waals surface area (Å²) in [6.07, 6.45) is 2.18. The van der Waals surface area contributed by atoms with Gasteiger partial charge in [-0.15, -0.1) is 0 Å². The predicted molar refractivity (Wildman–Crippen MR) is 73.8 cm³/mol. The summed E-state index contributed by atoms with van der Waals surface area (Å²) in [5.41, 5.74) is 1.10. The third-order valence-electron chi connectivity index (χ3n) is 3.06. The first-order valence-corrected chi connectivity index (χ1v) is 6.96. The van der Waals surface area contributed by atoms with E-state index in [1.54, 1.807) is 0 Å². The fourth-order valence-electron chi connectivity index (χ4n) is 2.25. The van der Waals surface area contributed by atoms with Crippen LogP contribution in [0, 0.1) is 0 Å². The molecule has 1 heterocycles. The Morgan fingerprint density at radius 2 is 1.89 bits per heavy atom. The lowest BCUT2D eigenvalue weighted by atomic mass is 10.0. The molecule has 1 aromatic carbocycles. The van der Waals surface area contributed by atoms with Crippen molar-refractivity contribution in [1.82, 2.24) is 5.32 Å². The minimum atomic E-state index is 0.281. The van der Waals surface area contributed by atoms with Gasteiger partial charge in [0.15, 0.2) is 11.5 Å². The van der Waals surface area contributed by atoms with Crippen molar-refractivity contribution in [2.45, 2.75) is 32.7 Å². The molecule has 1 aliphatic heterocycles. The maximum atomic E-state index is 6.35. The summed E-state index contributed by atoms with van der Waals surface area (Å²) in [6.45, 7) is 6.41. The molecular formula is C14H20ClNO2. The van der Waals surface area contributed by atoms with E-state index in [1.807, 2.05) is 12.1 Å². The summed E-state index contributed by atoms with van der Waals surface area (Å²) >= 11 is 6.35. The highest BCUT2D eigenvalue weighted by atomic mass is 35.5. The smallest absolute Gasteiger partial charge is 0.162 e. The molecule has 0 aromatic heterocycles. The predicted octanol–water partition coefficient (Wildman–Crippen LogP) is 3.56. The summed E-state index contributed by atoms with van der Waals surface area (Å²) in [6, 6.07) is 4.16. The molecule has 0 saturated heterocycles. The topological polar surface area (TPSA) is 30.5 Å². The lowest BCUT2D eigenvalue weighted by molar-refractivity contribution is 0.171. The molecule has 0 aliphatic carbocycles. The monoisotopic (exact) mass is 269 g/mol. The first kappa shape index (κ1) is 13.5. The van der Waals surface area contributed by atoms with Gasteiger partial charge < -0.3 is 14.8 Å². The highest BCUT2D eigenvalue weighted by Crippen LogP contribution is 2.38. The summed E-state index contributed by atoms with van der Waals surface area (Å²) in [5.74, 6) is 1.56. The van der Waals surface area contributed by atoms with Crippen molar-refractivity contribution in [3.63, 3.8) is 0 Å². The summed E-state index contributed by atoms with van der Waals surface area (Å²) in [7, 11) is 0. The number of benzene rings is 1. The van der Waals surface area contributed by atoms with Gasteiger partial charge in [-0.3, -0.25) is 0 Å². The van der Waals surface area contributed by atoms with Gasteiger partial charge in [0.2, 0.25) is 0 Å². The standard InChI is InChI=1S/C14H20ClNO2/c1-3-5-12(16-4-2)10-8-13-14(9-11(10)15)18-7-6-17-13/h8-9,12,16H,3-7H2,1-2H3. The van der Waals surface area contributed by atoms with E-state index in [-0.39, 0.29) is 6.04 Å². The maximum absolute atomic E-state index is 6.35. The van der Waals surface area contributed by atoms with E-state index < -0.39 is 0 Å². The van der Waals surface area contributed by atoms with Crippen LogP contribution in [-0.4, -0.2) is 19.8 Å². The highest BCUT2D eigenvalue weighted by Gasteiger charge is 2.19. The highest BCUT2D eigenvalue weighted by molar-refractivity contribution is 6.31. The van der Waals surface area contributed by atoms with Crippen LogP contribution >= 0.6 is 11.6 Å². The molecular weight excluding hydrogens is 250 g/mol. The van der Waals surface area contributed by atoms with E-state index in [2.05, 4.69) is 19.2 Å². The molecule has 100 valence electrons. The molecule has 0 amide bonds. The van der Waals surface area contributed by atoms with Gasteiger partial charge >= 0.3 is 0 Å². The van der Waals surface area contributed by atoms with E-state index in [0.29, 0.717) is 13.2 Å². The van der Waals surface area contributed by atoms with E-state index in [9.17, 15) is 0 Å². The molecule has 2 rings (SSSR count). The number of rotatable bonds is 5. The molecule has 0 bridgehead atoms. The minimum absolute atomic E-state index is 0.281. The fourth-order valence-corrected chi connectivity index (χ4v) is 2.53. The molecule has 1 N–H and O–H groups in total. The van der Waals surface area contributed by atoms with Gasteiger partial charge in [-0.1, -0.05) is 31.9 Å². The van der Waals surface area contributed by atoms with Crippen molar-refractivity contribution in [3.05, 3.63) is 22.7 Å². The van der Waals surface area contributed by atoms with Crippen LogP contribution in [0.25, 0.3) is 0 Å². The SMILES string of the molecule is CCCC(NCC)c1cc2c(cc1Cl)OCCO2. The number of ether oxygens (including phenoxy) is 2. The number of hydrogen-bond acceptors (Lipinski definition) is 3. The normalized spacial score (nSPS) is 15.5. The number of hydrogen-bond donors (Lipinski definition) is 1. The zero-order valence-electron chi connectivity index (χ0n) is 11.0. The lowest BCUT2D eigenvalue weighted by Gasteiger charge is -2.23. The van der Waals surface area contributed by atoms with E-state index in [0.717, 1.165) is 41.5 Å². The molecule has 1 aromatic rings. The summed E-state index contributed by atoms with van der Waals surface area (Å²) < 4.78 is 11.1. The van der Waals surface area contributed by atoms with Crippen LogP contribution < -0.4 is 14.8 Å². The van der Waals surface area contributed by atoms with Gasteiger partial charge in [-0.05, 0) is 24.6 Å². The number of nitrogens with one attached hydrogen (secondary N) is 1. The minimum Gasteiger partial charge on any atom is -0.486 e. The molecule has 1 atom stereocenters. The van der Waals surface area contributed by atoms with E-state index >= 15 is 0 Å². The first-order valence-electron chi connectivity index (χ1n) is 6.58. The van der Waals surface area contributed by atoms with Crippen molar-refractivity contribution < 1.29 is 9.47 Å². The van der Waals surface area contributed by atoms with Crippen LogP contribution in [0.15, 0.2) is 12.1 Å². The Morgan fingerprint density at radius 1 is 1.22 bits per heavy atom. The molecule has 1 aliphatic rings. The maximum Gasteiger partial charge on any atom is 0.162 e. The third kappa shape index (κ3) is 2.90. The molecule has 18 heavy (non-hydrogen) atoms.